The van der Waals surface area contributed by atoms with Crippen LogP contribution in [0.4, 0.5) is 0 Å². The molecule has 0 bridgehead atoms. The van der Waals surface area contributed by atoms with E-state index in [2.05, 4.69) is 10.6 Å². The lowest BCUT2D eigenvalue weighted by molar-refractivity contribution is -0.120. The van der Waals surface area contributed by atoms with E-state index in [9.17, 15) is 9.59 Å². The fraction of sp³-hybridized carbons (Fsp3) is 0.400. The summed E-state index contributed by atoms with van der Waals surface area (Å²) in [5, 5.41) is 13.4. The summed E-state index contributed by atoms with van der Waals surface area (Å²) in [6.07, 6.45) is 0. The minimum Gasteiger partial charge on any atom is -0.395 e. The van der Waals surface area contributed by atoms with E-state index < -0.39 is 0 Å². The second-order valence-corrected chi connectivity index (χ2v) is 4.45. The highest BCUT2D eigenvalue weighted by Gasteiger charge is 2.09. The zero-order valence-corrected chi connectivity index (χ0v) is 9.76. The van der Waals surface area contributed by atoms with Gasteiger partial charge in [0.1, 0.15) is 0 Å². The molecule has 5 nitrogen and oxygen atoms in total. The fourth-order valence-corrected chi connectivity index (χ4v) is 1.85. The first-order valence-electron chi connectivity index (χ1n) is 4.85. The van der Waals surface area contributed by atoms with E-state index in [0.29, 0.717) is 4.88 Å². The van der Waals surface area contributed by atoms with Crippen molar-refractivity contribution >= 4 is 23.2 Å². The number of thiophene rings is 1. The van der Waals surface area contributed by atoms with Crippen LogP contribution in [0.15, 0.2) is 12.1 Å². The number of carbonyl (C=O) groups excluding carboxylic acids is 2. The van der Waals surface area contributed by atoms with Crippen molar-refractivity contribution in [3.8, 4) is 0 Å². The Morgan fingerprint density at radius 3 is 2.69 bits per heavy atom. The van der Waals surface area contributed by atoms with Crippen LogP contribution in [0.25, 0.3) is 0 Å². The number of hydrogen-bond acceptors (Lipinski definition) is 4. The van der Waals surface area contributed by atoms with Gasteiger partial charge in [0, 0.05) is 11.4 Å². The summed E-state index contributed by atoms with van der Waals surface area (Å²) < 4.78 is 0. The highest BCUT2D eigenvalue weighted by Crippen LogP contribution is 2.14. The van der Waals surface area contributed by atoms with Crippen LogP contribution in [0.1, 0.15) is 14.5 Å². The van der Waals surface area contributed by atoms with E-state index in [1.165, 1.54) is 11.3 Å². The SMILES string of the molecule is Cc1ccc(C(=O)NCC(=O)NCCO)s1. The Bertz CT molecular complexity index is 376. The van der Waals surface area contributed by atoms with Crippen molar-refractivity contribution in [2.45, 2.75) is 6.92 Å². The van der Waals surface area contributed by atoms with E-state index in [4.69, 9.17) is 5.11 Å². The molecule has 0 fully saturated rings. The number of nitrogens with one attached hydrogen (secondary N) is 2. The van der Waals surface area contributed by atoms with E-state index in [1.54, 1.807) is 6.07 Å². The maximum Gasteiger partial charge on any atom is 0.261 e. The van der Waals surface area contributed by atoms with Gasteiger partial charge in [-0.1, -0.05) is 0 Å². The molecular formula is C10H14N2O3S. The van der Waals surface area contributed by atoms with Crippen LogP contribution < -0.4 is 10.6 Å². The van der Waals surface area contributed by atoms with E-state index >= 15 is 0 Å². The summed E-state index contributed by atoms with van der Waals surface area (Å²) in [5.74, 6) is -0.562. The number of aliphatic hydroxyl groups excluding tert-OH is 1. The van der Waals surface area contributed by atoms with Gasteiger partial charge in [0.2, 0.25) is 5.91 Å². The molecule has 0 unspecified atom stereocenters. The van der Waals surface area contributed by atoms with Gasteiger partial charge in [0.25, 0.3) is 5.91 Å². The number of carbonyl (C=O) groups is 2. The van der Waals surface area contributed by atoms with Gasteiger partial charge in [-0.2, -0.15) is 0 Å². The molecule has 1 aromatic heterocycles. The third-order valence-corrected chi connectivity index (χ3v) is 2.81. The molecule has 0 atom stereocenters. The van der Waals surface area contributed by atoms with Crippen LogP contribution in [0.5, 0.6) is 0 Å². The molecule has 0 spiro atoms. The van der Waals surface area contributed by atoms with Crippen molar-refractivity contribution in [3.05, 3.63) is 21.9 Å². The second-order valence-electron chi connectivity index (χ2n) is 3.17. The van der Waals surface area contributed by atoms with E-state index in [0.717, 1.165) is 4.88 Å². The molecule has 0 radical (unpaired) electrons. The zero-order valence-electron chi connectivity index (χ0n) is 8.95. The zero-order chi connectivity index (χ0) is 12.0. The predicted octanol–water partition coefficient (Wildman–Crippen LogP) is -0.105. The molecule has 0 saturated carbocycles. The largest absolute Gasteiger partial charge is 0.395 e. The van der Waals surface area contributed by atoms with Crippen molar-refractivity contribution in [1.29, 1.82) is 0 Å². The molecule has 0 saturated heterocycles. The third kappa shape index (κ3) is 4.00. The summed E-state index contributed by atoms with van der Waals surface area (Å²) in [5.41, 5.74) is 0. The Hall–Kier alpha value is -1.40. The van der Waals surface area contributed by atoms with Crippen LogP contribution in [0, 0.1) is 6.92 Å². The quantitative estimate of drug-likeness (QED) is 0.674. The number of hydrogen-bond donors (Lipinski definition) is 3. The van der Waals surface area contributed by atoms with Gasteiger partial charge >= 0.3 is 0 Å². The number of rotatable bonds is 5. The summed E-state index contributed by atoms with van der Waals surface area (Å²) in [6.45, 7) is 1.93. The first-order valence-corrected chi connectivity index (χ1v) is 5.67. The smallest absolute Gasteiger partial charge is 0.261 e. The highest BCUT2D eigenvalue weighted by atomic mass is 32.1. The Labute approximate surface area is 97.5 Å². The van der Waals surface area contributed by atoms with Crippen molar-refractivity contribution in [3.63, 3.8) is 0 Å². The Morgan fingerprint density at radius 1 is 1.38 bits per heavy atom. The minimum atomic E-state index is -0.310. The second kappa shape index (κ2) is 6.24. The molecule has 0 aliphatic carbocycles. The number of aryl methyl sites for hydroxylation is 1. The average Bonchev–Trinajstić information content (AvgIpc) is 2.69. The van der Waals surface area contributed by atoms with Gasteiger partial charge in [-0.05, 0) is 19.1 Å². The molecule has 1 heterocycles. The molecule has 6 heteroatoms. The standard InChI is InChI=1S/C10H14N2O3S/c1-7-2-3-8(16-7)10(15)12-6-9(14)11-4-5-13/h2-3,13H,4-6H2,1H3,(H,11,14)(H,12,15). The number of aliphatic hydroxyl groups is 1. The van der Waals surface area contributed by atoms with Gasteiger partial charge in [-0.15, -0.1) is 11.3 Å². The van der Waals surface area contributed by atoms with Crippen molar-refractivity contribution in [2.75, 3.05) is 19.7 Å². The van der Waals surface area contributed by atoms with Crippen LogP contribution in [-0.4, -0.2) is 36.6 Å². The molecule has 16 heavy (non-hydrogen) atoms. The summed E-state index contributed by atoms with van der Waals surface area (Å²) in [4.78, 5) is 24.3. The van der Waals surface area contributed by atoms with Gasteiger partial charge < -0.3 is 15.7 Å². The molecule has 1 rings (SSSR count). The van der Waals surface area contributed by atoms with Gasteiger partial charge in [-0.3, -0.25) is 9.59 Å². The van der Waals surface area contributed by atoms with Gasteiger partial charge in [0.15, 0.2) is 0 Å². The van der Waals surface area contributed by atoms with Crippen molar-refractivity contribution < 1.29 is 14.7 Å². The molecule has 3 N–H and O–H groups in total. The Morgan fingerprint density at radius 2 is 2.12 bits per heavy atom. The van der Waals surface area contributed by atoms with Crippen LogP contribution in [0.2, 0.25) is 0 Å². The Kier molecular flexibility index (Phi) is 4.94. The molecule has 88 valence electrons. The first-order chi connectivity index (χ1) is 7.63. The maximum atomic E-state index is 11.5. The normalized spacial score (nSPS) is 9.88. The minimum absolute atomic E-state index is 0.0736. The molecule has 1 aromatic rings. The van der Waals surface area contributed by atoms with Crippen LogP contribution in [-0.2, 0) is 4.79 Å². The van der Waals surface area contributed by atoms with E-state index in [1.807, 2.05) is 13.0 Å². The fourth-order valence-electron chi connectivity index (χ4n) is 1.06. The summed E-state index contributed by atoms with van der Waals surface area (Å²) in [7, 11) is 0. The highest BCUT2D eigenvalue weighted by molar-refractivity contribution is 7.13. The Balaban J connectivity index is 2.33. The van der Waals surface area contributed by atoms with Crippen LogP contribution >= 0.6 is 11.3 Å². The lowest BCUT2D eigenvalue weighted by atomic mass is 10.4. The van der Waals surface area contributed by atoms with Crippen molar-refractivity contribution in [2.24, 2.45) is 0 Å². The third-order valence-electron chi connectivity index (χ3n) is 1.81. The molecule has 2 amide bonds. The molecular weight excluding hydrogens is 228 g/mol. The maximum absolute atomic E-state index is 11.5. The predicted molar refractivity (Wildman–Crippen MR) is 61.5 cm³/mol. The monoisotopic (exact) mass is 242 g/mol. The van der Waals surface area contributed by atoms with Gasteiger partial charge in [0.05, 0.1) is 18.0 Å². The number of amides is 2. The lowest BCUT2D eigenvalue weighted by Crippen LogP contribution is -2.37. The molecule has 0 aliphatic rings. The molecule has 0 aromatic carbocycles. The lowest BCUT2D eigenvalue weighted by Gasteiger charge is -2.04. The van der Waals surface area contributed by atoms with Crippen LogP contribution in [0.3, 0.4) is 0 Å². The molecule has 0 aliphatic heterocycles. The first kappa shape index (κ1) is 12.7. The summed E-state index contributed by atoms with van der Waals surface area (Å²) >= 11 is 1.38. The summed E-state index contributed by atoms with van der Waals surface area (Å²) in [6, 6.07) is 3.58. The average molecular weight is 242 g/mol. The van der Waals surface area contributed by atoms with Gasteiger partial charge in [-0.25, -0.2) is 0 Å². The van der Waals surface area contributed by atoms with Crippen molar-refractivity contribution in [1.82, 2.24) is 10.6 Å². The topological polar surface area (TPSA) is 78.4 Å². The van der Waals surface area contributed by atoms with E-state index in [-0.39, 0.29) is 31.5 Å².